The molecular weight excluding hydrogens is 320 g/mol. The van der Waals surface area contributed by atoms with Crippen molar-refractivity contribution >= 4 is 34.4 Å². The van der Waals surface area contributed by atoms with E-state index in [9.17, 15) is 9.59 Å². The maximum Gasteiger partial charge on any atom is 0.309 e. The lowest BCUT2D eigenvalue weighted by Crippen LogP contribution is -2.23. The molecule has 0 aliphatic carbocycles. The molecule has 1 aromatic carbocycles. The number of ether oxygens (including phenoxy) is 2. The Kier molecular flexibility index (Phi) is 5.60. The summed E-state index contributed by atoms with van der Waals surface area (Å²) >= 11 is 6.10. The summed E-state index contributed by atoms with van der Waals surface area (Å²) in [5, 5.41) is 7.93. The van der Waals surface area contributed by atoms with Crippen molar-refractivity contribution in [2.24, 2.45) is 5.92 Å². The van der Waals surface area contributed by atoms with Crippen molar-refractivity contribution in [3.05, 3.63) is 29.0 Å². The first kappa shape index (κ1) is 17.3. The van der Waals surface area contributed by atoms with Crippen molar-refractivity contribution in [1.82, 2.24) is 10.2 Å². The van der Waals surface area contributed by atoms with Gasteiger partial charge in [-0.25, -0.2) is 0 Å². The molecule has 1 N–H and O–H groups in total. The zero-order chi connectivity index (χ0) is 17.0. The molecule has 1 heterocycles. The first-order chi connectivity index (χ1) is 11.0. The molecule has 2 aromatic rings. The standard InChI is InChI=1S/C16H19ClN2O4/c1-9-4-10(12(7-17)13-8-18-19-15(9)13)5-11(16(21)23-3)6-14(20)22-2/h4,8,11H,5-7H2,1-3H3,(H,18,19). The molecule has 0 aliphatic heterocycles. The van der Waals surface area contributed by atoms with Gasteiger partial charge < -0.3 is 9.47 Å². The van der Waals surface area contributed by atoms with Crippen LogP contribution in [0.25, 0.3) is 10.9 Å². The lowest BCUT2D eigenvalue weighted by Gasteiger charge is -2.17. The fourth-order valence-corrected chi connectivity index (χ4v) is 3.02. The zero-order valence-corrected chi connectivity index (χ0v) is 14.1. The summed E-state index contributed by atoms with van der Waals surface area (Å²) in [6, 6.07) is 1.96. The molecule has 6 nitrogen and oxygen atoms in total. The second-order valence-corrected chi connectivity index (χ2v) is 5.60. The van der Waals surface area contributed by atoms with Crippen molar-refractivity contribution in [3.8, 4) is 0 Å². The van der Waals surface area contributed by atoms with E-state index in [1.807, 2.05) is 13.0 Å². The fraction of sp³-hybridized carbons (Fsp3) is 0.438. The maximum absolute atomic E-state index is 12.0. The Morgan fingerprint density at radius 1 is 1.35 bits per heavy atom. The van der Waals surface area contributed by atoms with Crippen molar-refractivity contribution in [2.45, 2.75) is 25.6 Å². The number of nitrogens with one attached hydrogen (secondary N) is 1. The smallest absolute Gasteiger partial charge is 0.309 e. The Labute approximate surface area is 139 Å². The Morgan fingerprint density at radius 2 is 2.09 bits per heavy atom. The van der Waals surface area contributed by atoms with Crippen LogP contribution in [0.4, 0.5) is 0 Å². The van der Waals surface area contributed by atoms with Crippen LogP contribution in [0.5, 0.6) is 0 Å². The van der Waals surface area contributed by atoms with Crippen LogP contribution in [-0.4, -0.2) is 36.4 Å². The quantitative estimate of drug-likeness (QED) is 0.646. The summed E-state index contributed by atoms with van der Waals surface area (Å²) in [5.41, 5.74) is 3.74. The van der Waals surface area contributed by atoms with Crippen LogP contribution in [0.2, 0.25) is 0 Å². The van der Waals surface area contributed by atoms with Gasteiger partial charge in [-0.1, -0.05) is 6.07 Å². The van der Waals surface area contributed by atoms with Crippen LogP contribution >= 0.6 is 11.6 Å². The topological polar surface area (TPSA) is 81.3 Å². The van der Waals surface area contributed by atoms with E-state index in [4.69, 9.17) is 16.3 Å². The predicted molar refractivity (Wildman–Crippen MR) is 86.2 cm³/mol. The molecule has 1 aromatic heterocycles. The summed E-state index contributed by atoms with van der Waals surface area (Å²) < 4.78 is 9.47. The largest absolute Gasteiger partial charge is 0.469 e. The van der Waals surface area contributed by atoms with E-state index in [1.165, 1.54) is 14.2 Å². The monoisotopic (exact) mass is 338 g/mol. The molecule has 0 saturated carbocycles. The highest BCUT2D eigenvalue weighted by Crippen LogP contribution is 2.28. The number of aryl methyl sites for hydroxylation is 1. The molecule has 0 aliphatic rings. The second-order valence-electron chi connectivity index (χ2n) is 5.33. The number of H-pyrrole nitrogens is 1. The number of hydrogen-bond acceptors (Lipinski definition) is 5. The number of fused-ring (bicyclic) bond motifs is 1. The number of halogens is 1. The first-order valence-electron chi connectivity index (χ1n) is 7.16. The lowest BCUT2D eigenvalue weighted by molar-refractivity contribution is -0.151. The van der Waals surface area contributed by atoms with E-state index in [2.05, 4.69) is 14.9 Å². The minimum absolute atomic E-state index is 0.0344. The van der Waals surface area contributed by atoms with Gasteiger partial charge in [-0.3, -0.25) is 14.7 Å². The van der Waals surface area contributed by atoms with Gasteiger partial charge in [-0.2, -0.15) is 5.10 Å². The van der Waals surface area contributed by atoms with Crippen LogP contribution in [0.1, 0.15) is 23.1 Å². The van der Waals surface area contributed by atoms with Crippen LogP contribution in [0.15, 0.2) is 12.3 Å². The average Bonchev–Trinajstić information content (AvgIpc) is 3.03. The van der Waals surface area contributed by atoms with E-state index in [0.717, 1.165) is 27.6 Å². The molecule has 0 fully saturated rings. The van der Waals surface area contributed by atoms with Gasteiger partial charge in [0.2, 0.25) is 0 Å². The third-order valence-electron chi connectivity index (χ3n) is 3.91. The molecule has 0 amide bonds. The number of methoxy groups -OCH3 is 2. The minimum Gasteiger partial charge on any atom is -0.469 e. The third-order valence-corrected chi connectivity index (χ3v) is 4.18. The van der Waals surface area contributed by atoms with Crippen LogP contribution in [-0.2, 0) is 31.4 Å². The molecule has 1 atom stereocenters. The normalized spacial score (nSPS) is 12.2. The highest BCUT2D eigenvalue weighted by molar-refractivity contribution is 6.18. The van der Waals surface area contributed by atoms with Crippen LogP contribution in [0, 0.1) is 12.8 Å². The zero-order valence-electron chi connectivity index (χ0n) is 13.3. The molecule has 1 unspecified atom stereocenters. The lowest BCUT2D eigenvalue weighted by atomic mass is 9.91. The minimum atomic E-state index is -0.613. The van der Waals surface area contributed by atoms with Gasteiger partial charge >= 0.3 is 11.9 Å². The molecule has 0 saturated heterocycles. The first-order valence-corrected chi connectivity index (χ1v) is 7.70. The number of hydrogen-bond donors (Lipinski definition) is 1. The molecular formula is C16H19ClN2O4. The summed E-state index contributed by atoms with van der Waals surface area (Å²) in [6.45, 7) is 1.95. The van der Waals surface area contributed by atoms with Gasteiger partial charge in [-0.05, 0) is 30.0 Å². The van der Waals surface area contributed by atoms with Crippen LogP contribution in [0.3, 0.4) is 0 Å². The number of carbonyl (C=O) groups excluding carboxylic acids is 2. The van der Waals surface area contributed by atoms with Crippen LogP contribution < -0.4 is 0 Å². The van der Waals surface area contributed by atoms with Gasteiger partial charge in [0.05, 0.1) is 38.3 Å². The van der Waals surface area contributed by atoms with Gasteiger partial charge in [0.15, 0.2) is 0 Å². The number of esters is 2. The van der Waals surface area contributed by atoms with Gasteiger partial charge in [0.25, 0.3) is 0 Å². The third kappa shape index (κ3) is 3.64. The molecule has 0 radical (unpaired) electrons. The summed E-state index contributed by atoms with van der Waals surface area (Å²) in [7, 11) is 2.60. The van der Waals surface area contributed by atoms with Crippen molar-refractivity contribution in [2.75, 3.05) is 14.2 Å². The number of nitrogens with zero attached hydrogens (tertiary/aromatic N) is 1. The highest BCUT2D eigenvalue weighted by Gasteiger charge is 2.25. The second kappa shape index (κ2) is 7.46. The number of alkyl halides is 1. The Balaban J connectivity index is 2.40. The van der Waals surface area contributed by atoms with Gasteiger partial charge in [0, 0.05) is 11.3 Å². The fourth-order valence-electron chi connectivity index (χ4n) is 2.70. The molecule has 124 valence electrons. The van der Waals surface area contributed by atoms with E-state index in [0.29, 0.717) is 6.42 Å². The molecule has 7 heteroatoms. The number of rotatable bonds is 6. The maximum atomic E-state index is 12.0. The predicted octanol–water partition coefficient (Wildman–Crippen LogP) is 2.50. The number of aromatic amines is 1. The molecule has 2 rings (SSSR count). The Morgan fingerprint density at radius 3 is 2.70 bits per heavy atom. The molecule has 23 heavy (non-hydrogen) atoms. The SMILES string of the molecule is COC(=O)CC(Cc1cc(C)c2[nH]ncc2c1CCl)C(=O)OC. The van der Waals surface area contributed by atoms with E-state index in [-0.39, 0.29) is 12.3 Å². The Hall–Kier alpha value is -2.08. The van der Waals surface area contributed by atoms with Crippen molar-refractivity contribution in [3.63, 3.8) is 0 Å². The summed E-state index contributed by atoms with van der Waals surface area (Å²) in [6.07, 6.45) is 2.04. The molecule has 0 spiro atoms. The highest BCUT2D eigenvalue weighted by atomic mass is 35.5. The average molecular weight is 339 g/mol. The number of benzene rings is 1. The Bertz CT molecular complexity index is 726. The van der Waals surface area contributed by atoms with Gasteiger partial charge in [0.1, 0.15) is 0 Å². The van der Waals surface area contributed by atoms with Crippen molar-refractivity contribution < 1.29 is 19.1 Å². The molecule has 0 bridgehead atoms. The summed E-state index contributed by atoms with van der Waals surface area (Å²) in [5.74, 6) is -1.22. The number of aromatic nitrogens is 2. The van der Waals surface area contributed by atoms with E-state index < -0.39 is 17.9 Å². The van der Waals surface area contributed by atoms with E-state index >= 15 is 0 Å². The summed E-state index contributed by atoms with van der Waals surface area (Å²) in [4.78, 5) is 23.5. The number of carbonyl (C=O) groups is 2. The van der Waals surface area contributed by atoms with E-state index in [1.54, 1.807) is 6.20 Å². The van der Waals surface area contributed by atoms with Crippen molar-refractivity contribution in [1.29, 1.82) is 0 Å². The van der Waals surface area contributed by atoms with Gasteiger partial charge in [-0.15, -0.1) is 11.6 Å².